The molecule has 6 nitrogen and oxygen atoms in total. The summed E-state index contributed by atoms with van der Waals surface area (Å²) in [6.45, 7) is 4.41. The van der Waals surface area contributed by atoms with Crippen molar-refractivity contribution in [1.29, 1.82) is 0 Å². The lowest BCUT2D eigenvalue weighted by Gasteiger charge is -2.13. The number of ether oxygens (including phenoxy) is 2. The van der Waals surface area contributed by atoms with E-state index in [1.165, 1.54) is 25.3 Å². The highest BCUT2D eigenvalue weighted by Gasteiger charge is 2.16. The molecule has 0 saturated heterocycles. The largest absolute Gasteiger partial charge is 0.495 e. The minimum atomic E-state index is -3.59. The van der Waals surface area contributed by atoms with E-state index in [-0.39, 0.29) is 23.2 Å². The number of hydrogen-bond donors (Lipinski definition) is 2. The van der Waals surface area contributed by atoms with Crippen molar-refractivity contribution in [3.05, 3.63) is 18.2 Å². The number of nitrogens with one attached hydrogen (secondary N) is 1. The van der Waals surface area contributed by atoms with Gasteiger partial charge in [-0.1, -0.05) is 0 Å². The second-order valence-corrected chi connectivity index (χ2v) is 5.79. The van der Waals surface area contributed by atoms with E-state index in [1.54, 1.807) is 6.92 Å². The van der Waals surface area contributed by atoms with Gasteiger partial charge < -0.3 is 15.2 Å². The van der Waals surface area contributed by atoms with Gasteiger partial charge in [-0.3, -0.25) is 0 Å². The van der Waals surface area contributed by atoms with Gasteiger partial charge in [-0.15, -0.1) is 0 Å². The van der Waals surface area contributed by atoms with Crippen molar-refractivity contribution in [2.45, 2.75) is 24.8 Å². The maximum Gasteiger partial charge on any atom is 0.240 e. The maximum absolute atomic E-state index is 12.0. The van der Waals surface area contributed by atoms with Gasteiger partial charge in [-0.2, -0.15) is 0 Å². The Morgan fingerprint density at radius 2 is 2.11 bits per heavy atom. The number of nitrogens with two attached hydrogens (primary N) is 1. The van der Waals surface area contributed by atoms with Crippen LogP contribution in [0.5, 0.6) is 5.75 Å². The first-order chi connectivity index (χ1) is 8.90. The van der Waals surface area contributed by atoms with Crippen molar-refractivity contribution in [1.82, 2.24) is 4.72 Å². The zero-order chi connectivity index (χ0) is 14.5. The fourth-order valence-electron chi connectivity index (χ4n) is 1.53. The summed E-state index contributed by atoms with van der Waals surface area (Å²) in [6, 6.07) is 4.34. The molecule has 7 heteroatoms. The molecule has 0 fully saturated rings. The molecule has 0 spiro atoms. The van der Waals surface area contributed by atoms with Gasteiger partial charge in [-0.05, 0) is 32.0 Å². The SMILES string of the molecule is CCOC(C)CNS(=O)(=O)c1ccc(OC)c(N)c1. The number of benzene rings is 1. The van der Waals surface area contributed by atoms with E-state index in [0.29, 0.717) is 12.4 Å². The summed E-state index contributed by atoms with van der Waals surface area (Å²) < 4.78 is 36.8. The first-order valence-corrected chi connectivity index (χ1v) is 7.43. The van der Waals surface area contributed by atoms with Gasteiger partial charge >= 0.3 is 0 Å². The molecule has 0 amide bonds. The summed E-state index contributed by atoms with van der Waals surface area (Å²) in [5.74, 6) is 0.446. The van der Waals surface area contributed by atoms with Gasteiger partial charge in [0.2, 0.25) is 10.0 Å². The summed E-state index contributed by atoms with van der Waals surface area (Å²) >= 11 is 0. The third-order valence-electron chi connectivity index (χ3n) is 2.52. The van der Waals surface area contributed by atoms with Gasteiger partial charge in [0.25, 0.3) is 0 Å². The second kappa shape index (κ2) is 6.74. The molecule has 0 aliphatic rings. The summed E-state index contributed by atoms with van der Waals surface area (Å²) in [6.07, 6.45) is -0.185. The highest BCUT2D eigenvalue weighted by molar-refractivity contribution is 7.89. The van der Waals surface area contributed by atoms with Crippen LogP contribution in [0.3, 0.4) is 0 Å². The van der Waals surface area contributed by atoms with Crippen molar-refractivity contribution < 1.29 is 17.9 Å². The molecule has 0 saturated carbocycles. The predicted molar refractivity (Wildman–Crippen MR) is 73.7 cm³/mol. The summed E-state index contributed by atoms with van der Waals surface area (Å²) in [5, 5.41) is 0. The smallest absolute Gasteiger partial charge is 0.240 e. The molecule has 1 rings (SSSR count). The molecule has 1 aromatic carbocycles. The summed E-state index contributed by atoms with van der Waals surface area (Å²) in [7, 11) is -2.11. The molecule has 108 valence electrons. The molecule has 19 heavy (non-hydrogen) atoms. The van der Waals surface area contributed by atoms with Crippen LogP contribution in [-0.4, -0.2) is 34.8 Å². The van der Waals surface area contributed by atoms with E-state index >= 15 is 0 Å². The highest BCUT2D eigenvalue weighted by atomic mass is 32.2. The normalized spacial score (nSPS) is 13.2. The molecular formula is C12H20N2O4S. The average molecular weight is 288 g/mol. The topological polar surface area (TPSA) is 90.6 Å². The van der Waals surface area contributed by atoms with Gasteiger partial charge in [-0.25, -0.2) is 13.1 Å². The molecule has 0 aliphatic heterocycles. The Kier molecular flexibility index (Phi) is 5.59. The predicted octanol–water partition coefficient (Wildman–Crippen LogP) is 0.981. The lowest BCUT2D eigenvalue weighted by atomic mass is 10.3. The average Bonchev–Trinajstić information content (AvgIpc) is 2.37. The fourth-order valence-corrected chi connectivity index (χ4v) is 2.68. The molecule has 1 atom stereocenters. The third kappa shape index (κ3) is 4.38. The van der Waals surface area contributed by atoms with Crippen LogP contribution < -0.4 is 15.2 Å². The number of rotatable bonds is 7. The molecule has 0 heterocycles. The Morgan fingerprint density at radius 1 is 1.42 bits per heavy atom. The van der Waals surface area contributed by atoms with Crippen molar-refractivity contribution in [2.24, 2.45) is 0 Å². The van der Waals surface area contributed by atoms with Crippen LogP contribution in [0.2, 0.25) is 0 Å². The van der Waals surface area contributed by atoms with Gasteiger partial charge in [0, 0.05) is 13.2 Å². The van der Waals surface area contributed by atoms with E-state index in [1.807, 2.05) is 6.92 Å². The van der Waals surface area contributed by atoms with Crippen LogP contribution in [0, 0.1) is 0 Å². The fraction of sp³-hybridized carbons (Fsp3) is 0.500. The van der Waals surface area contributed by atoms with E-state index in [9.17, 15) is 8.42 Å². The van der Waals surface area contributed by atoms with Crippen molar-refractivity contribution in [3.63, 3.8) is 0 Å². The lowest BCUT2D eigenvalue weighted by molar-refractivity contribution is 0.0799. The van der Waals surface area contributed by atoms with Crippen LogP contribution in [-0.2, 0) is 14.8 Å². The Morgan fingerprint density at radius 3 is 2.63 bits per heavy atom. The zero-order valence-electron chi connectivity index (χ0n) is 11.3. The van der Waals surface area contributed by atoms with Crippen LogP contribution in [0.4, 0.5) is 5.69 Å². The van der Waals surface area contributed by atoms with E-state index in [2.05, 4.69) is 4.72 Å². The minimum Gasteiger partial charge on any atom is -0.495 e. The van der Waals surface area contributed by atoms with E-state index < -0.39 is 10.0 Å². The zero-order valence-corrected chi connectivity index (χ0v) is 12.2. The van der Waals surface area contributed by atoms with Gasteiger partial charge in [0.1, 0.15) is 5.75 Å². The van der Waals surface area contributed by atoms with Crippen LogP contribution in [0.1, 0.15) is 13.8 Å². The molecule has 3 N–H and O–H groups in total. The Balaban J connectivity index is 2.80. The maximum atomic E-state index is 12.0. The quantitative estimate of drug-likeness (QED) is 0.730. The highest BCUT2D eigenvalue weighted by Crippen LogP contribution is 2.24. The Labute approximate surface area is 113 Å². The van der Waals surface area contributed by atoms with Crippen LogP contribution in [0.25, 0.3) is 0 Å². The summed E-state index contributed by atoms with van der Waals surface area (Å²) in [4.78, 5) is 0.106. The van der Waals surface area contributed by atoms with E-state index in [0.717, 1.165) is 0 Å². The monoisotopic (exact) mass is 288 g/mol. The third-order valence-corrected chi connectivity index (χ3v) is 3.94. The molecule has 1 unspecified atom stereocenters. The minimum absolute atomic E-state index is 0.106. The standard InChI is InChI=1S/C12H20N2O4S/c1-4-18-9(2)8-14-19(15,16)10-5-6-12(17-3)11(13)7-10/h5-7,9,14H,4,8,13H2,1-3H3. The molecule has 1 aromatic rings. The Hall–Kier alpha value is -1.31. The lowest BCUT2D eigenvalue weighted by Crippen LogP contribution is -2.32. The molecular weight excluding hydrogens is 268 g/mol. The number of methoxy groups -OCH3 is 1. The molecule has 0 radical (unpaired) electrons. The number of sulfonamides is 1. The molecule has 0 aromatic heterocycles. The van der Waals surface area contributed by atoms with Crippen molar-refractivity contribution in [2.75, 3.05) is 26.0 Å². The van der Waals surface area contributed by atoms with Gasteiger partial charge in [0.15, 0.2) is 0 Å². The Bertz CT molecular complexity index is 516. The van der Waals surface area contributed by atoms with Crippen molar-refractivity contribution >= 4 is 15.7 Å². The first-order valence-electron chi connectivity index (χ1n) is 5.95. The van der Waals surface area contributed by atoms with Crippen LogP contribution in [0.15, 0.2) is 23.1 Å². The van der Waals surface area contributed by atoms with E-state index in [4.69, 9.17) is 15.2 Å². The summed E-state index contributed by atoms with van der Waals surface area (Å²) in [5.41, 5.74) is 5.97. The number of nitrogen functional groups attached to an aromatic ring is 1. The van der Waals surface area contributed by atoms with Gasteiger partial charge in [0.05, 0.1) is 23.8 Å². The first kappa shape index (κ1) is 15.7. The second-order valence-electron chi connectivity index (χ2n) is 4.02. The number of hydrogen-bond acceptors (Lipinski definition) is 5. The molecule has 0 bridgehead atoms. The molecule has 0 aliphatic carbocycles. The van der Waals surface area contributed by atoms with Crippen LogP contribution >= 0.6 is 0 Å². The van der Waals surface area contributed by atoms with Crippen molar-refractivity contribution in [3.8, 4) is 5.75 Å². The number of anilines is 1.